The molecule has 3 rings (SSSR count). The highest BCUT2D eigenvalue weighted by molar-refractivity contribution is 7.51. The fraction of sp³-hybridized carbons (Fsp3) is 0.379. The third-order valence-electron chi connectivity index (χ3n) is 6.48. The highest BCUT2D eigenvalue weighted by Crippen LogP contribution is 2.38. The van der Waals surface area contributed by atoms with Gasteiger partial charge in [-0.05, 0) is 69.2 Å². The zero-order valence-corrected chi connectivity index (χ0v) is 27.4. The van der Waals surface area contributed by atoms with Crippen LogP contribution < -0.4 is 5.32 Å². The smallest absolute Gasteiger partial charge is 0.354 e. The van der Waals surface area contributed by atoms with E-state index < -0.39 is 45.7 Å². The van der Waals surface area contributed by atoms with Crippen LogP contribution >= 0.6 is 15.2 Å². The molecule has 1 aromatic carbocycles. The van der Waals surface area contributed by atoms with Crippen LogP contribution in [0.25, 0.3) is 0 Å². The van der Waals surface area contributed by atoms with Gasteiger partial charge >= 0.3 is 27.1 Å². The van der Waals surface area contributed by atoms with Crippen molar-refractivity contribution in [3.8, 4) is 0 Å². The van der Waals surface area contributed by atoms with Gasteiger partial charge in [0, 0.05) is 36.9 Å². The molecule has 0 saturated heterocycles. The lowest BCUT2D eigenvalue weighted by molar-refractivity contribution is 0.0678. The molecule has 2 heterocycles. The zero-order chi connectivity index (χ0) is 34.3. The summed E-state index contributed by atoms with van der Waals surface area (Å²) in [7, 11) is -9.41. The van der Waals surface area contributed by atoms with Crippen LogP contribution in [0, 0.1) is 0 Å². The normalized spacial score (nSPS) is 13.2. The number of pyridine rings is 2. The van der Waals surface area contributed by atoms with E-state index in [1.807, 2.05) is 45.0 Å². The molecule has 250 valence electrons. The molecule has 0 aliphatic carbocycles. The Morgan fingerprint density at radius 3 is 1.74 bits per heavy atom. The maximum Gasteiger partial charge on any atom is 0.354 e. The van der Waals surface area contributed by atoms with E-state index in [1.165, 1.54) is 46.2 Å². The number of benzene rings is 1. The SMILES string of the molecule is CC(C)(C)Nc1ccc(C[C@@H](CN(Cc2cccc(C(=O)O)n2)CP(=O)(O)O)N(Cc2cccc(C(=O)O)n2)CP(=O)(O)O)cc1. The fourth-order valence-electron chi connectivity index (χ4n) is 4.81. The van der Waals surface area contributed by atoms with E-state index in [9.17, 15) is 48.5 Å². The number of carboxylic acid groups (broad SMARTS) is 2. The molecule has 0 bridgehead atoms. The van der Waals surface area contributed by atoms with Crippen LogP contribution in [0.5, 0.6) is 0 Å². The Kier molecular flexibility index (Phi) is 12.4. The van der Waals surface area contributed by atoms with Crippen LogP contribution in [-0.2, 0) is 28.6 Å². The maximum atomic E-state index is 12.4. The second kappa shape index (κ2) is 15.4. The lowest BCUT2D eigenvalue weighted by Gasteiger charge is -2.36. The minimum Gasteiger partial charge on any atom is -0.477 e. The topological polar surface area (TPSA) is 234 Å². The third kappa shape index (κ3) is 13.1. The first-order valence-corrected chi connectivity index (χ1v) is 17.7. The van der Waals surface area contributed by atoms with Crippen molar-refractivity contribution in [3.05, 3.63) is 89.0 Å². The summed E-state index contributed by atoms with van der Waals surface area (Å²) in [5, 5.41) is 22.1. The Morgan fingerprint density at radius 1 is 0.783 bits per heavy atom. The molecule has 0 radical (unpaired) electrons. The first-order chi connectivity index (χ1) is 21.3. The van der Waals surface area contributed by atoms with Crippen molar-refractivity contribution in [1.29, 1.82) is 0 Å². The number of anilines is 1. The van der Waals surface area contributed by atoms with Gasteiger partial charge in [-0.15, -0.1) is 0 Å². The summed E-state index contributed by atoms with van der Waals surface area (Å²) in [6.45, 7) is 5.47. The Morgan fingerprint density at radius 2 is 1.28 bits per heavy atom. The van der Waals surface area contributed by atoms with E-state index >= 15 is 0 Å². The molecule has 2 aromatic heterocycles. The summed E-state index contributed by atoms with van der Waals surface area (Å²) in [6.07, 6.45) is -1.36. The summed E-state index contributed by atoms with van der Waals surface area (Å²) in [6, 6.07) is 15.0. The number of aromatic carboxylic acids is 2. The van der Waals surface area contributed by atoms with Gasteiger partial charge in [0.15, 0.2) is 0 Å². The largest absolute Gasteiger partial charge is 0.477 e. The minimum absolute atomic E-state index is 0.148. The summed E-state index contributed by atoms with van der Waals surface area (Å²) in [4.78, 5) is 73.9. The maximum absolute atomic E-state index is 12.4. The van der Waals surface area contributed by atoms with Crippen LogP contribution in [0.3, 0.4) is 0 Å². The van der Waals surface area contributed by atoms with E-state index in [0.29, 0.717) is 0 Å². The van der Waals surface area contributed by atoms with E-state index in [0.717, 1.165) is 11.3 Å². The monoisotopic (exact) mass is 679 g/mol. The Balaban J connectivity index is 2.06. The molecule has 0 saturated carbocycles. The van der Waals surface area contributed by atoms with Crippen molar-refractivity contribution in [2.75, 3.05) is 24.4 Å². The van der Waals surface area contributed by atoms with Gasteiger partial charge in [0.25, 0.3) is 0 Å². The molecular formula is C29H39N5O10P2. The minimum atomic E-state index is -4.73. The van der Waals surface area contributed by atoms with Gasteiger partial charge in [0.05, 0.1) is 11.4 Å². The molecule has 7 N–H and O–H groups in total. The predicted octanol–water partition coefficient (Wildman–Crippen LogP) is 3.27. The van der Waals surface area contributed by atoms with Gasteiger partial charge in [-0.2, -0.15) is 0 Å². The summed E-state index contributed by atoms with van der Waals surface area (Å²) in [5.41, 5.74) is 1.26. The lowest BCUT2D eigenvalue weighted by Crippen LogP contribution is -2.45. The second-order valence-electron chi connectivity index (χ2n) is 11.9. The van der Waals surface area contributed by atoms with E-state index in [-0.39, 0.29) is 54.4 Å². The molecule has 0 aliphatic rings. The first-order valence-electron chi connectivity index (χ1n) is 14.1. The van der Waals surface area contributed by atoms with Crippen molar-refractivity contribution < 1.29 is 48.5 Å². The molecule has 0 spiro atoms. The van der Waals surface area contributed by atoms with Gasteiger partial charge in [0.2, 0.25) is 0 Å². The quantitative estimate of drug-likeness (QED) is 0.108. The van der Waals surface area contributed by atoms with Crippen LogP contribution in [0.2, 0.25) is 0 Å². The van der Waals surface area contributed by atoms with Crippen molar-refractivity contribution in [2.45, 2.75) is 51.9 Å². The number of carbonyl (C=O) groups is 2. The Bertz CT molecular complexity index is 1600. The molecule has 0 unspecified atom stereocenters. The number of hydrogen-bond acceptors (Lipinski definition) is 9. The molecular weight excluding hydrogens is 640 g/mol. The molecule has 46 heavy (non-hydrogen) atoms. The molecule has 17 heteroatoms. The number of nitrogens with one attached hydrogen (secondary N) is 1. The van der Waals surface area contributed by atoms with E-state index in [1.54, 1.807) is 0 Å². The van der Waals surface area contributed by atoms with Gasteiger partial charge < -0.3 is 35.1 Å². The zero-order valence-electron chi connectivity index (χ0n) is 25.6. The van der Waals surface area contributed by atoms with E-state index in [2.05, 4.69) is 15.3 Å². The number of nitrogens with zero attached hydrogens (tertiary/aromatic N) is 4. The molecule has 3 aromatic rings. The van der Waals surface area contributed by atoms with Crippen LogP contribution in [-0.4, -0.2) is 92.2 Å². The summed E-state index contributed by atoms with van der Waals surface area (Å²) in [5.74, 6) is -2.57. The standard InChI is InChI=1S/C29H39N5O10P2/c1-29(2,3)32-21-12-10-20(11-13-21)14-24(34(19-46(42,43)44)16-23-7-5-9-26(31-23)28(37)38)17-33(18-45(39,40)41)15-22-6-4-8-25(30-22)27(35)36/h4-13,24,32H,14-19H2,1-3H3,(H,35,36)(H,37,38)(H2,39,40,41)(H2,42,43,44)/t24-/m0/s1. The lowest BCUT2D eigenvalue weighted by atomic mass is 10.0. The average Bonchev–Trinajstić information content (AvgIpc) is 2.91. The Labute approximate surface area is 266 Å². The second-order valence-corrected chi connectivity index (χ2v) is 15.2. The predicted molar refractivity (Wildman–Crippen MR) is 169 cm³/mol. The average molecular weight is 680 g/mol. The number of carboxylic acids is 2. The number of hydrogen-bond donors (Lipinski definition) is 7. The van der Waals surface area contributed by atoms with Crippen LogP contribution in [0.1, 0.15) is 58.7 Å². The third-order valence-corrected chi connectivity index (χ3v) is 7.98. The van der Waals surface area contributed by atoms with Gasteiger partial charge in [-0.3, -0.25) is 18.9 Å². The van der Waals surface area contributed by atoms with Crippen molar-refractivity contribution >= 4 is 32.8 Å². The number of rotatable bonds is 16. The van der Waals surface area contributed by atoms with Crippen molar-refractivity contribution in [1.82, 2.24) is 19.8 Å². The molecule has 0 fully saturated rings. The van der Waals surface area contributed by atoms with Gasteiger partial charge in [-0.1, -0.05) is 24.3 Å². The highest BCUT2D eigenvalue weighted by Gasteiger charge is 2.31. The molecule has 0 amide bonds. The summed E-state index contributed by atoms with van der Waals surface area (Å²) >= 11 is 0. The fourth-order valence-corrected chi connectivity index (χ4v) is 6.35. The first kappa shape index (κ1) is 36.9. The van der Waals surface area contributed by atoms with Crippen LogP contribution in [0.4, 0.5) is 5.69 Å². The highest BCUT2D eigenvalue weighted by atomic mass is 31.2. The molecule has 15 nitrogen and oxygen atoms in total. The van der Waals surface area contributed by atoms with Crippen molar-refractivity contribution in [2.24, 2.45) is 0 Å². The molecule has 1 atom stereocenters. The van der Waals surface area contributed by atoms with Gasteiger partial charge in [-0.25, -0.2) is 19.6 Å². The summed E-state index contributed by atoms with van der Waals surface area (Å²) < 4.78 is 24.6. The van der Waals surface area contributed by atoms with Gasteiger partial charge in [0.1, 0.15) is 24.0 Å². The molecule has 0 aliphatic heterocycles. The number of aromatic nitrogens is 2. The van der Waals surface area contributed by atoms with Crippen molar-refractivity contribution in [3.63, 3.8) is 0 Å². The Hall–Kier alpha value is -3.52. The van der Waals surface area contributed by atoms with Crippen LogP contribution in [0.15, 0.2) is 60.7 Å². The van der Waals surface area contributed by atoms with E-state index in [4.69, 9.17) is 0 Å².